The van der Waals surface area contributed by atoms with Crippen LogP contribution >= 0.6 is 0 Å². The smallest absolute Gasteiger partial charge is 0.389 e. The van der Waals surface area contributed by atoms with Crippen LogP contribution in [0.1, 0.15) is 38.2 Å². The Kier molecular flexibility index (Phi) is 4.85. The maximum Gasteiger partial charge on any atom is 0.389 e. The van der Waals surface area contributed by atoms with E-state index < -0.39 is 12.6 Å². The van der Waals surface area contributed by atoms with E-state index in [0.717, 1.165) is 5.56 Å². The Morgan fingerprint density at radius 1 is 1.18 bits per heavy atom. The van der Waals surface area contributed by atoms with Gasteiger partial charge in [0.25, 0.3) is 0 Å². The molecule has 0 aromatic heterocycles. The highest BCUT2D eigenvalue weighted by molar-refractivity contribution is 5.35. The molecule has 0 atom stereocenters. The van der Waals surface area contributed by atoms with Crippen LogP contribution in [0.3, 0.4) is 0 Å². The van der Waals surface area contributed by atoms with E-state index in [1.54, 1.807) is 6.07 Å². The highest BCUT2D eigenvalue weighted by Crippen LogP contribution is 2.26. The van der Waals surface area contributed by atoms with Gasteiger partial charge in [0.05, 0.1) is 6.61 Å². The zero-order valence-corrected chi connectivity index (χ0v) is 10.1. The van der Waals surface area contributed by atoms with Crippen LogP contribution in [-0.4, -0.2) is 12.8 Å². The summed E-state index contributed by atoms with van der Waals surface area (Å²) >= 11 is 0. The van der Waals surface area contributed by atoms with Gasteiger partial charge in [-0.3, -0.25) is 0 Å². The number of benzene rings is 1. The van der Waals surface area contributed by atoms with Gasteiger partial charge in [-0.25, -0.2) is 0 Å². The second kappa shape index (κ2) is 5.94. The molecule has 4 heteroatoms. The van der Waals surface area contributed by atoms with Gasteiger partial charge < -0.3 is 4.74 Å². The van der Waals surface area contributed by atoms with Crippen molar-refractivity contribution in [3.63, 3.8) is 0 Å². The molecule has 0 amide bonds. The summed E-state index contributed by atoms with van der Waals surface area (Å²) in [6, 6.07) is 7.45. The molecule has 0 radical (unpaired) electrons. The summed E-state index contributed by atoms with van der Waals surface area (Å²) in [7, 11) is 0. The third-order valence-electron chi connectivity index (χ3n) is 2.40. The molecular formula is C13H17F3O. The molecule has 0 heterocycles. The minimum Gasteiger partial charge on any atom is -0.493 e. The molecule has 17 heavy (non-hydrogen) atoms. The predicted octanol–water partition coefficient (Wildman–Crippen LogP) is 4.53. The third-order valence-corrected chi connectivity index (χ3v) is 2.40. The molecule has 0 aliphatic rings. The predicted molar refractivity (Wildman–Crippen MR) is 61.3 cm³/mol. The van der Waals surface area contributed by atoms with Crippen molar-refractivity contribution in [1.29, 1.82) is 0 Å². The molecule has 0 aliphatic carbocycles. The van der Waals surface area contributed by atoms with E-state index in [9.17, 15) is 13.2 Å². The van der Waals surface area contributed by atoms with Gasteiger partial charge in [0, 0.05) is 6.42 Å². The molecule has 0 spiro atoms. The SMILES string of the molecule is CC(C)c1ccccc1OCCCC(F)(F)F. The Labute approximate surface area is 99.6 Å². The molecule has 0 aliphatic heterocycles. The monoisotopic (exact) mass is 246 g/mol. The fourth-order valence-electron chi connectivity index (χ4n) is 1.54. The van der Waals surface area contributed by atoms with E-state index in [-0.39, 0.29) is 13.0 Å². The standard InChI is InChI=1S/C13H17F3O/c1-10(2)11-6-3-4-7-12(11)17-9-5-8-13(14,15)16/h3-4,6-7,10H,5,8-9H2,1-2H3. The van der Waals surface area contributed by atoms with E-state index in [0.29, 0.717) is 11.7 Å². The Bertz CT molecular complexity index is 345. The van der Waals surface area contributed by atoms with Crippen LogP contribution in [0.2, 0.25) is 0 Å². The second-order valence-electron chi connectivity index (χ2n) is 4.26. The first-order valence-electron chi connectivity index (χ1n) is 5.68. The maximum absolute atomic E-state index is 11.9. The number of hydrogen-bond acceptors (Lipinski definition) is 1. The number of ether oxygens (including phenoxy) is 1. The molecule has 0 saturated carbocycles. The number of para-hydroxylation sites is 1. The summed E-state index contributed by atoms with van der Waals surface area (Å²) < 4.78 is 41.2. The Morgan fingerprint density at radius 2 is 1.82 bits per heavy atom. The van der Waals surface area contributed by atoms with Crippen molar-refractivity contribution in [3.8, 4) is 5.75 Å². The molecule has 0 bridgehead atoms. The van der Waals surface area contributed by atoms with Crippen molar-refractivity contribution in [2.24, 2.45) is 0 Å². The summed E-state index contributed by atoms with van der Waals surface area (Å²) in [5.74, 6) is 0.985. The first-order chi connectivity index (χ1) is 7.90. The molecule has 96 valence electrons. The summed E-state index contributed by atoms with van der Waals surface area (Å²) in [5, 5.41) is 0. The van der Waals surface area contributed by atoms with Gasteiger partial charge >= 0.3 is 6.18 Å². The van der Waals surface area contributed by atoms with Gasteiger partial charge in [0.1, 0.15) is 5.75 Å². The van der Waals surface area contributed by atoms with E-state index in [1.165, 1.54) is 0 Å². The third kappa shape index (κ3) is 5.11. The zero-order chi connectivity index (χ0) is 12.9. The minimum absolute atomic E-state index is 0.00404. The van der Waals surface area contributed by atoms with Gasteiger partial charge in [-0.2, -0.15) is 13.2 Å². The van der Waals surface area contributed by atoms with Crippen LogP contribution in [-0.2, 0) is 0 Å². The fraction of sp³-hybridized carbons (Fsp3) is 0.538. The fourth-order valence-corrected chi connectivity index (χ4v) is 1.54. The van der Waals surface area contributed by atoms with E-state index in [2.05, 4.69) is 0 Å². The number of hydrogen-bond donors (Lipinski definition) is 0. The van der Waals surface area contributed by atoms with Crippen molar-refractivity contribution in [2.75, 3.05) is 6.61 Å². The number of rotatable bonds is 5. The highest BCUT2D eigenvalue weighted by atomic mass is 19.4. The van der Waals surface area contributed by atoms with Crippen LogP contribution < -0.4 is 4.74 Å². The van der Waals surface area contributed by atoms with Crippen LogP contribution in [0, 0.1) is 0 Å². The van der Waals surface area contributed by atoms with Crippen LogP contribution in [0.5, 0.6) is 5.75 Å². The molecule has 1 aromatic carbocycles. The van der Waals surface area contributed by atoms with E-state index >= 15 is 0 Å². The van der Waals surface area contributed by atoms with Gasteiger partial charge in [0.2, 0.25) is 0 Å². The molecule has 0 fully saturated rings. The van der Waals surface area contributed by atoms with Crippen LogP contribution in [0.15, 0.2) is 24.3 Å². The quantitative estimate of drug-likeness (QED) is 0.693. The molecular weight excluding hydrogens is 229 g/mol. The Hall–Kier alpha value is -1.19. The largest absolute Gasteiger partial charge is 0.493 e. The molecule has 0 saturated heterocycles. The lowest BCUT2D eigenvalue weighted by Gasteiger charge is -2.14. The molecule has 1 rings (SSSR count). The van der Waals surface area contributed by atoms with Crippen molar-refractivity contribution in [3.05, 3.63) is 29.8 Å². The summed E-state index contributed by atoms with van der Waals surface area (Å²) in [5.41, 5.74) is 1.03. The minimum atomic E-state index is -4.10. The zero-order valence-electron chi connectivity index (χ0n) is 10.1. The van der Waals surface area contributed by atoms with E-state index in [4.69, 9.17) is 4.74 Å². The molecule has 1 nitrogen and oxygen atoms in total. The molecule has 0 unspecified atom stereocenters. The topological polar surface area (TPSA) is 9.23 Å². The van der Waals surface area contributed by atoms with Crippen molar-refractivity contribution in [2.45, 2.75) is 38.8 Å². The normalized spacial score (nSPS) is 11.9. The number of alkyl halides is 3. The summed E-state index contributed by atoms with van der Waals surface area (Å²) in [4.78, 5) is 0. The van der Waals surface area contributed by atoms with Gasteiger partial charge in [-0.15, -0.1) is 0 Å². The first kappa shape index (κ1) is 13.9. The Balaban J connectivity index is 2.47. The highest BCUT2D eigenvalue weighted by Gasteiger charge is 2.26. The van der Waals surface area contributed by atoms with Crippen molar-refractivity contribution < 1.29 is 17.9 Å². The van der Waals surface area contributed by atoms with Gasteiger partial charge in [-0.1, -0.05) is 32.0 Å². The number of halogens is 3. The average Bonchev–Trinajstić information content (AvgIpc) is 2.23. The lowest BCUT2D eigenvalue weighted by molar-refractivity contribution is -0.136. The van der Waals surface area contributed by atoms with Gasteiger partial charge in [-0.05, 0) is 24.0 Å². The van der Waals surface area contributed by atoms with Crippen molar-refractivity contribution in [1.82, 2.24) is 0 Å². The lowest BCUT2D eigenvalue weighted by Crippen LogP contribution is -2.10. The lowest BCUT2D eigenvalue weighted by atomic mass is 10.0. The van der Waals surface area contributed by atoms with Gasteiger partial charge in [0.15, 0.2) is 0 Å². The van der Waals surface area contributed by atoms with E-state index in [1.807, 2.05) is 32.0 Å². The summed E-state index contributed by atoms with van der Waals surface area (Å²) in [6.45, 7) is 4.15. The summed E-state index contributed by atoms with van der Waals surface area (Å²) in [6.07, 6.45) is -4.90. The van der Waals surface area contributed by atoms with Crippen LogP contribution in [0.4, 0.5) is 13.2 Å². The Morgan fingerprint density at radius 3 is 2.41 bits per heavy atom. The second-order valence-corrected chi connectivity index (χ2v) is 4.26. The molecule has 1 aromatic rings. The molecule has 0 N–H and O–H groups in total. The van der Waals surface area contributed by atoms with Crippen molar-refractivity contribution >= 4 is 0 Å². The first-order valence-corrected chi connectivity index (χ1v) is 5.68. The van der Waals surface area contributed by atoms with Crippen LogP contribution in [0.25, 0.3) is 0 Å². The average molecular weight is 246 g/mol. The maximum atomic E-state index is 11.9.